The molecular weight excluding hydrogens is 168 g/mol. The van der Waals surface area contributed by atoms with Gasteiger partial charge in [-0.2, -0.15) is 0 Å². The van der Waals surface area contributed by atoms with E-state index in [1.54, 1.807) is 12.1 Å². The number of hydrogen-bond acceptors (Lipinski definition) is 3. The Morgan fingerprint density at radius 2 is 2.36 bits per heavy atom. The van der Waals surface area contributed by atoms with E-state index in [1.807, 2.05) is 0 Å². The minimum Gasteiger partial charge on any atom is -0.359 e. The molecule has 0 aliphatic rings. The van der Waals surface area contributed by atoms with Crippen molar-refractivity contribution >= 4 is 22.6 Å². The Balaban J connectivity index is 2.87. The van der Waals surface area contributed by atoms with Gasteiger partial charge in [-0.3, -0.25) is 4.63 Å². The topological polar surface area (TPSA) is 53.0 Å². The van der Waals surface area contributed by atoms with E-state index in [4.69, 9.17) is 11.6 Å². The van der Waals surface area contributed by atoms with Crippen LogP contribution in [0.3, 0.4) is 0 Å². The predicted molar refractivity (Wildman–Crippen MR) is 38.0 cm³/mol. The first-order valence-electron chi connectivity index (χ1n) is 2.92. The molecule has 0 saturated carbocycles. The maximum Gasteiger partial charge on any atom is 0.248 e. The minimum atomic E-state index is 0.321. The summed E-state index contributed by atoms with van der Waals surface area (Å²) in [5.74, 6) is 0. The lowest BCUT2D eigenvalue weighted by Crippen LogP contribution is -2.22. The van der Waals surface area contributed by atoms with Crippen molar-refractivity contribution in [2.24, 2.45) is 0 Å². The van der Waals surface area contributed by atoms with Crippen LogP contribution in [-0.4, -0.2) is 5.16 Å². The van der Waals surface area contributed by atoms with Crippen molar-refractivity contribution < 1.29 is 9.53 Å². The fourth-order valence-corrected chi connectivity index (χ4v) is 1.01. The summed E-state index contributed by atoms with van der Waals surface area (Å²) in [4.78, 5) is 0.321. The van der Waals surface area contributed by atoms with Crippen molar-refractivity contribution in [1.29, 1.82) is 0 Å². The first kappa shape index (κ1) is 6.42. The lowest BCUT2D eigenvalue weighted by Gasteiger charge is -1.86. The highest BCUT2D eigenvalue weighted by Crippen LogP contribution is 2.13. The SMILES string of the molecule is [O-][n+]1onc2ccc(Cl)cc21. The molecule has 0 fully saturated rings. The normalized spacial score (nSPS) is 10.6. The van der Waals surface area contributed by atoms with E-state index < -0.39 is 0 Å². The van der Waals surface area contributed by atoms with Crippen molar-refractivity contribution in [3.8, 4) is 0 Å². The first-order chi connectivity index (χ1) is 5.27. The molecule has 4 nitrogen and oxygen atoms in total. The van der Waals surface area contributed by atoms with Gasteiger partial charge in [0.25, 0.3) is 0 Å². The molecule has 0 spiro atoms. The highest BCUT2D eigenvalue weighted by Gasteiger charge is 2.07. The highest BCUT2D eigenvalue weighted by molar-refractivity contribution is 6.31. The maximum absolute atomic E-state index is 10.8. The molecule has 11 heavy (non-hydrogen) atoms. The maximum atomic E-state index is 10.8. The van der Waals surface area contributed by atoms with Crippen LogP contribution in [0, 0.1) is 5.21 Å². The minimum absolute atomic E-state index is 0.321. The summed E-state index contributed by atoms with van der Waals surface area (Å²) in [6.45, 7) is 0. The predicted octanol–water partition coefficient (Wildman–Crippen LogP) is 1.11. The van der Waals surface area contributed by atoms with Gasteiger partial charge in [0.1, 0.15) is 0 Å². The van der Waals surface area contributed by atoms with Crippen LogP contribution in [0.4, 0.5) is 0 Å². The summed E-state index contributed by atoms with van der Waals surface area (Å²) in [7, 11) is 0. The smallest absolute Gasteiger partial charge is 0.248 e. The fourth-order valence-electron chi connectivity index (χ4n) is 0.845. The van der Waals surface area contributed by atoms with E-state index in [0.717, 1.165) is 0 Å². The summed E-state index contributed by atoms with van der Waals surface area (Å²) in [6, 6.07) is 4.77. The molecule has 0 unspecified atom stereocenters. The molecular formula is C6H3ClN2O2. The van der Waals surface area contributed by atoms with Crippen LogP contribution in [0.1, 0.15) is 0 Å². The molecule has 56 valence electrons. The van der Waals surface area contributed by atoms with Crippen LogP contribution in [0.2, 0.25) is 5.02 Å². The Hall–Kier alpha value is -1.29. The van der Waals surface area contributed by atoms with Gasteiger partial charge in [0.05, 0.1) is 0 Å². The summed E-state index contributed by atoms with van der Waals surface area (Å²) >= 11 is 5.63. The summed E-state index contributed by atoms with van der Waals surface area (Å²) in [5.41, 5.74) is 0.849. The second kappa shape index (κ2) is 2.10. The average molecular weight is 171 g/mol. The van der Waals surface area contributed by atoms with Gasteiger partial charge in [-0.05, 0) is 17.0 Å². The molecule has 0 N–H and O–H groups in total. The number of aromatic nitrogens is 2. The molecule has 5 heteroatoms. The molecule has 1 heterocycles. The largest absolute Gasteiger partial charge is 0.359 e. The molecule has 0 saturated heterocycles. The van der Waals surface area contributed by atoms with Crippen molar-refractivity contribution in [1.82, 2.24) is 5.16 Å². The Morgan fingerprint density at radius 1 is 1.55 bits per heavy atom. The third-order valence-electron chi connectivity index (χ3n) is 1.35. The molecule has 2 rings (SSSR count). The zero-order valence-electron chi connectivity index (χ0n) is 5.32. The molecule has 0 bridgehead atoms. The number of hydrogen-bond donors (Lipinski definition) is 0. The molecule has 0 aliphatic carbocycles. The second-order valence-corrected chi connectivity index (χ2v) is 2.50. The number of fused-ring (bicyclic) bond motifs is 1. The van der Waals surface area contributed by atoms with Gasteiger partial charge in [-0.1, -0.05) is 11.6 Å². The summed E-state index contributed by atoms with van der Waals surface area (Å²) in [5, 5.41) is 14.7. The Labute approximate surface area is 66.5 Å². The van der Waals surface area contributed by atoms with E-state index in [-0.39, 0.29) is 0 Å². The van der Waals surface area contributed by atoms with E-state index in [1.165, 1.54) is 6.07 Å². The van der Waals surface area contributed by atoms with E-state index in [0.29, 0.717) is 21.0 Å². The zero-order chi connectivity index (χ0) is 7.84. The van der Waals surface area contributed by atoms with Crippen molar-refractivity contribution in [2.75, 3.05) is 0 Å². The Morgan fingerprint density at radius 3 is 3.18 bits per heavy atom. The molecule has 0 radical (unpaired) electrons. The first-order valence-corrected chi connectivity index (χ1v) is 3.30. The highest BCUT2D eigenvalue weighted by atomic mass is 35.5. The van der Waals surface area contributed by atoms with Crippen molar-refractivity contribution in [3.05, 3.63) is 28.4 Å². The molecule has 0 atom stereocenters. The van der Waals surface area contributed by atoms with Crippen LogP contribution in [0.25, 0.3) is 11.0 Å². The molecule has 1 aromatic carbocycles. The van der Waals surface area contributed by atoms with Gasteiger partial charge < -0.3 is 5.21 Å². The third kappa shape index (κ3) is 0.914. The average Bonchev–Trinajstić information content (AvgIpc) is 2.33. The quantitative estimate of drug-likeness (QED) is 0.557. The molecule has 1 aromatic heterocycles. The Bertz CT molecular complexity index is 398. The fraction of sp³-hybridized carbons (Fsp3) is 0. The number of halogens is 1. The molecule has 0 aliphatic heterocycles. The number of nitrogens with zero attached hydrogens (tertiary/aromatic N) is 2. The molecule has 2 aromatic rings. The third-order valence-corrected chi connectivity index (χ3v) is 1.58. The monoisotopic (exact) mass is 170 g/mol. The van der Waals surface area contributed by atoms with Gasteiger partial charge in [-0.15, -0.1) is 0 Å². The summed E-state index contributed by atoms with van der Waals surface area (Å²) in [6.07, 6.45) is 0. The molecule has 0 amide bonds. The van der Waals surface area contributed by atoms with Gasteiger partial charge in [-0.25, -0.2) is 0 Å². The van der Waals surface area contributed by atoms with Gasteiger partial charge >= 0.3 is 0 Å². The van der Waals surface area contributed by atoms with Crippen LogP contribution in [0.5, 0.6) is 0 Å². The Kier molecular flexibility index (Phi) is 1.22. The lowest BCUT2D eigenvalue weighted by atomic mass is 10.3. The van der Waals surface area contributed by atoms with Gasteiger partial charge in [0.2, 0.25) is 11.0 Å². The second-order valence-electron chi connectivity index (χ2n) is 2.06. The van der Waals surface area contributed by atoms with E-state index in [2.05, 4.69) is 9.79 Å². The van der Waals surface area contributed by atoms with Gasteiger partial charge in [0, 0.05) is 16.2 Å². The van der Waals surface area contributed by atoms with E-state index >= 15 is 0 Å². The van der Waals surface area contributed by atoms with Crippen molar-refractivity contribution in [3.63, 3.8) is 0 Å². The zero-order valence-corrected chi connectivity index (χ0v) is 6.08. The number of benzene rings is 1. The number of rotatable bonds is 0. The standard InChI is InChI=1S/C6H3ClN2O2/c7-4-1-2-5-6(3-4)9(10)11-8-5/h1-3H. The van der Waals surface area contributed by atoms with Crippen molar-refractivity contribution in [2.45, 2.75) is 0 Å². The summed E-state index contributed by atoms with van der Waals surface area (Å²) < 4.78 is 4.32. The van der Waals surface area contributed by atoms with Gasteiger partial charge in [0.15, 0.2) is 0 Å². The van der Waals surface area contributed by atoms with Crippen LogP contribution in [0.15, 0.2) is 22.8 Å². The lowest BCUT2D eigenvalue weighted by molar-refractivity contribution is -0.782. The van der Waals surface area contributed by atoms with Crippen LogP contribution >= 0.6 is 11.6 Å². The van der Waals surface area contributed by atoms with E-state index in [9.17, 15) is 5.21 Å². The van der Waals surface area contributed by atoms with Crippen LogP contribution < -0.4 is 4.90 Å². The van der Waals surface area contributed by atoms with Crippen LogP contribution in [-0.2, 0) is 0 Å².